The summed E-state index contributed by atoms with van der Waals surface area (Å²) in [5, 5.41) is 12.4. The van der Waals surface area contributed by atoms with Crippen molar-refractivity contribution in [3.05, 3.63) is 48.0 Å². The van der Waals surface area contributed by atoms with Crippen LogP contribution in [0.3, 0.4) is 0 Å². The Balaban J connectivity index is 1.53. The number of benzene rings is 1. The SMILES string of the molecule is O=C(NCCCc1ccccc1)[C@@H]1[C@H](C(=O)O)[C@H]2C=C[C@H]1CC2. The van der Waals surface area contributed by atoms with E-state index in [1.807, 2.05) is 30.4 Å². The number of nitrogens with one attached hydrogen (secondary N) is 1. The lowest BCUT2D eigenvalue weighted by Gasteiger charge is -2.41. The fraction of sp³-hybridized carbons (Fsp3) is 0.474. The van der Waals surface area contributed by atoms with Crippen molar-refractivity contribution in [2.75, 3.05) is 6.54 Å². The average molecular weight is 313 g/mol. The fourth-order valence-corrected chi connectivity index (χ4v) is 3.95. The monoisotopic (exact) mass is 313 g/mol. The van der Waals surface area contributed by atoms with Crippen LogP contribution in [-0.4, -0.2) is 23.5 Å². The van der Waals surface area contributed by atoms with Crippen LogP contribution < -0.4 is 5.32 Å². The van der Waals surface area contributed by atoms with Gasteiger partial charge in [0.15, 0.2) is 0 Å². The maximum absolute atomic E-state index is 12.5. The van der Waals surface area contributed by atoms with E-state index in [4.69, 9.17) is 0 Å². The van der Waals surface area contributed by atoms with Crippen LogP contribution in [0, 0.1) is 23.7 Å². The van der Waals surface area contributed by atoms with E-state index in [9.17, 15) is 14.7 Å². The van der Waals surface area contributed by atoms with Gasteiger partial charge in [-0.3, -0.25) is 9.59 Å². The topological polar surface area (TPSA) is 66.4 Å². The summed E-state index contributed by atoms with van der Waals surface area (Å²) in [7, 11) is 0. The second kappa shape index (κ2) is 6.99. The predicted octanol–water partition coefficient (Wildman–Crippen LogP) is 2.65. The number of hydrogen-bond acceptors (Lipinski definition) is 2. The number of aliphatic carboxylic acids is 1. The number of allylic oxidation sites excluding steroid dienone is 2. The lowest BCUT2D eigenvalue weighted by molar-refractivity contribution is -0.152. The van der Waals surface area contributed by atoms with Crippen LogP contribution >= 0.6 is 0 Å². The first kappa shape index (κ1) is 15.8. The minimum absolute atomic E-state index is 0.0116. The smallest absolute Gasteiger partial charge is 0.307 e. The van der Waals surface area contributed by atoms with E-state index in [2.05, 4.69) is 17.4 Å². The molecule has 4 atom stereocenters. The Morgan fingerprint density at radius 3 is 2.30 bits per heavy atom. The summed E-state index contributed by atoms with van der Waals surface area (Å²) in [6, 6.07) is 10.2. The van der Waals surface area contributed by atoms with Crippen LogP contribution in [0.1, 0.15) is 24.8 Å². The highest BCUT2D eigenvalue weighted by molar-refractivity contribution is 5.86. The summed E-state index contributed by atoms with van der Waals surface area (Å²) in [5.74, 6) is -1.81. The van der Waals surface area contributed by atoms with E-state index in [1.165, 1.54) is 5.56 Å². The van der Waals surface area contributed by atoms with Crippen molar-refractivity contribution in [3.63, 3.8) is 0 Å². The van der Waals surface area contributed by atoms with E-state index in [0.717, 1.165) is 25.7 Å². The number of rotatable bonds is 6. The van der Waals surface area contributed by atoms with Crippen molar-refractivity contribution in [1.29, 1.82) is 0 Å². The molecule has 1 aromatic rings. The molecule has 1 amide bonds. The molecular formula is C19H23NO3. The Morgan fingerprint density at radius 2 is 1.70 bits per heavy atom. The van der Waals surface area contributed by atoms with Gasteiger partial charge in [0.1, 0.15) is 0 Å². The molecule has 1 saturated carbocycles. The Labute approximate surface area is 136 Å². The Bertz CT molecular complexity index is 596. The van der Waals surface area contributed by atoms with Crippen LogP contribution in [0.5, 0.6) is 0 Å². The first-order chi connectivity index (χ1) is 11.2. The van der Waals surface area contributed by atoms with Gasteiger partial charge in [0, 0.05) is 6.54 Å². The van der Waals surface area contributed by atoms with Gasteiger partial charge in [0.25, 0.3) is 0 Å². The highest BCUT2D eigenvalue weighted by Gasteiger charge is 2.47. The highest BCUT2D eigenvalue weighted by atomic mass is 16.4. The van der Waals surface area contributed by atoms with Crippen molar-refractivity contribution >= 4 is 11.9 Å². The molecule has 0 spiro atoms. The van der Waals surface area contributed by atoms with Gasteiger partial charge in [-0.15, -0.1) is 0 Å². The number of hydrogen-bond donors (Lipinski definition) is 2. The Hall–Kier alpha value is -2.10. The number of fused-ring (bicyclic) bond motifs is 2. The Kier molecular flexibility index (Phi) is 4.79. The third-order valence-corrected chi connectivity index (χ3v) is 5.12. The maximum Gasteiger partial charge on any atom is 0.307 e. The second-order valence-corrected chi connectivity index (χ2v) is 6.56. The van der Waals surface area contributed by atoms with E-state index in [0.29, 0.717) is 6.54 Å². The van der Waals surface area contributed by atoms with Gasteiger partial charge in [-0.2, -0.15) is 0 Å². The molecule has 0 saturated heterocycles. The lowest BCUT2D eigenvalue weighted by atomic mass is 9.62. The molecule has 0 aliphatic heterocycles. The molecule has 23 heavy (non-hydrogen) atoms. The van der Waals surface area contributed by atoms with Crippen LogP contribution in [0.25, 0.3) is 0 Å². The molecular weight excluding hydrogens is 290 g/mol. The summed E-state index contributed by atoms with van der Waals surface area (Å²) in [6.07, 6.45) is 7.63. The van der Waals surface area contributed by atoms with Gasteiger partial charge < -0.3 is 10.4 Å². The lowest BCUT2D eigenvalue weighted by Crippen LogP contribution is -2.49. The number of aryl methyl sites for hydroxylation is 1. The molecule has 122 valence electrons. The molecule has 0 unspecified atom stereocenters. The van der Waals surface area contributed by atoms with Gasteiger partial charge in [-0.1, -0.05) is 42.5 Å². The van der Waals surface area contributed by atoms with E-state index < -0.39 is 17.8 Å². The van der Waals surface area contributed by atoms with E-state index in [1.54, 1.807) is 0 Å². The van der Waals surface area contributed by atoms with Crippen LogP contribution in [-0.2, 0) is 16.0 Å². The zero-order chi connectivity index (χ0) is 16.2. The minimum Gasteiger partial charge on any atom is -0.481 e. The van der Waals surface area contributed by atoms with Gasteiger partial charge in [0.2, 0.25) is 5.91 Å². The summed E-state index contributed by atoms with van der Waals surface area (Å²) in [5.41, 5.74) is 1.25. The highest BCUT2D eigenvalue weighted by Crippen LogP contribution is 2.45. The molecule has 2 N–H and O–H groups in total. The van der Waals surface area contributed by atoms with Gasteiger partial charge in [-0.05, 0) is 43.1 Å². The first-order valence-electron chi connectivity index (χ1n) is 8.39. The maximum atomic E-state index is 12.5. The van der Waals surface area contributed by atoms with Crippen molar-refractivity contribution in [2.24, 2.45) is 23.7 Å². The minimum atomic E-state index is -0.839. The number of amides is 1. The third kappa shape index (κ3) is 3.46. The van der Waals surface area contributed by atoms with Crippen molar-refractivity contribution in [2.45, 2.75) is 25.7 Å². The van der Waals surface area contributed by atoms with Gasteiger partial charge in [-0.25, -0.2) is 0 Å². The molecule has 0 radical (unpaired) electrons. The fourth-order valence-electron chi connectivity index (χ4n) is 3.95. The molecule has 0 aromatic heterocycles. The van der Waals surface area contributed by atoms with Crippen LogP contribution in [0.15, 0.2) is 42.5 Å². The summed E-state index contributed by atoms with van der Waals surface area (Å²) in [4.78, 5) is 24.1. The molecule has 3 aliphatic rings. The van der Waals surface area contributed by atoms with Gasteiger partial charge in [0.05, 0.1) is 11.8 Å². The Morgan fingerprint density at radius 1 is 1.04 bits per heavy atom. The van der Waals surface area contributed by atoms with Crippen molar-refractivity contribution < 1.29 is 14.7 Å². The molecule has 1 aromatic carbocycles. The zero-order valence-electron chi connectivity index (χ0n) is 13.2. The third-order valence-electron chi connectivity index (χ3n) is 5.12. The standard InChI is InChI=1S/C19H23NO3/c21-18(20-12-4-7-13-5-2-1-3-6-13)16-14-8-10-15(11-9-14)17(16)19(22)23/h1-3,5-6,8,10,14-17H,4,7,9,11-12H2,(H,20,21)(H,22,23)/t14-,15-,16-,17+/m0/s1. The average Bonchev–Trinajstić information content (AvgIpc) is 2.59. The molecule has 1 fully saturated rings. The predicted molar refractivity (Wildman–Crippen MR) is 87.7 cm³/mol. The first-order valence-corrected chi connectivity index (χ1v) is 8.39. The number of carboxylic acids is 1. The molecule has 3 aliphatic carbocycles. The summed E-state index contributed by atoms with van der Waals surface area (Å²) >= 11 is 0. The van der Waals surface area contributed by atoms with Crippen LogP contribution in [0.2, 0.25) is 0 Å². The summed E-state index contributed by atoms with van der Waals surface area (Å²) < 4.78 is 0. The molecule has 4 heteroatoms. The van der Waals surface area contributed by atoms with E-state index >= 15 is 0 Å². The van der Waals surface area contributed by atoms with Crippen molar-refractivity contribution in [1.82, 2.24) is 5.32 Å². The molecule has 4 nitrogen and oxygen atoms in total. The summed E-state index contributed by atoms with van der Waals surface area (Å²) in [6.45, 7) is 0.595. The largest absolute Gasteiger partial charge is 0.481 e. The quantitative estimate of drug-likeness (QED) is 0.627. The molecule has 4 rings (SSSR count). The normalized spacial score (nSPS) is 28.5. The van der Waals surface area contributed by atoms with E-state index in [-0.39, 0.29) is 17.7 Å². The molecule has 0 heterocycles. The second-order valence-electron chi connectivity index (χ2n) is 6.56. The van der Waals surface area contributed by atoms with Crippen molar-refractivity contribution in [3.8, 4) is 0 Å². The zero-order valence-corrected chi connectivity index (χ0v) is 13.2. The van der Waals surface area contributed by atoms with Gasteiger partial charge >= 0.3 is 5.97 Å². The number of carboxylic acid groups (broad SMARTS) is 1. The van der Waals surface area contributed by atoms with Crippen LogP contribution in [0.4, 0.5) is 0 Å². The number of carbonyl (C=O) groups is 2. The number of carbonyl (C=O) groups excluding carboxylic acids is 1. The molecule has 2 bridgehead atoms.